The first-order chi connectivity index (χ1) is 14.7. The van der Waals surface area contributed by atoms with Crippen molar-refractivity contribution in [2.24, 2.45) is 16.3 Å². The van der Waals surface area contributed by atoms with Gasteiger partial charge in [0.15, 0.2) is 0 Å². The summed E-state index contributed by atoms with van der Waals surface area (Å²) in [7, 11) is 0. The predicted octanol–water partition coefficient (Wildman–Crippen LogP) is 4.90. The summed E-state index contributed by atoms with van der Waals surface area (Å²) in [4.78, 5) is 41.9. The van der Waals surface area contributed by atoms with Gasteiger partial charge in [-0.05, 0) is 50.0 Å². The van der Waals surface area contributed by atoms with Gasteiger partial charge in [0.25, 0.3) is 5.69 Å². The first kappa shape index (κ1) is 21.4. The van der Waals surface area contributed by atoms with Crippen LogP contribution in [0.2, 0.25) is 0 Å². The van der Waals surface area contributed by atoms with Crippen molar-refractivity contribution in [1.29, 1.82) is 0 Å². The molecule has 0 radical (unpaired) electrons. The van der Waals surface area contributed by atoms with E-state index in [-0.39, 0.29) is 23.0 Å². The summed E-state index contributed by atoms with van der Waals surface area (Å²) in [5.74, 6) is -1.44. The van der Waals surface area contributed by atoms with Crippen molar-refractivity contribution in [2.45, 2.75) is 71.3 Å². The Morgan fingerprint density at radius 3 is 2.39 bits per heavy atom. The Morgan fingerprint density at radius 2 is 1.77 bits per heavy atom. The van der Waals surface area contributed by atoms with Crippen molar-refractivity contribution < 1.29 is 19.2 Å². The summed E-state index contributed by atoms with van der Waals surface area (Å²) >= 11 is 0. The third-order valence-electron chi connectivity index (χ3n) is 6.62. The fraction of sp³-hybridized carbons (Fsp3) is 0.542. The smallest absolute Gasteiger partial charge is 0.336 e. The number of ketones is 1. The third kappa shape index (κ3) is 4.18. The number of esters is 1. The minimum atomic E-state index is -0.538. The van der Waals surface area contributed by atoms with E-state index in [1.165, 1.54) is 12.1 Å². The number of benzene rings is 1. The summed E-state index contributed by atoms with van der Waals surface area (Å²) in [5.41, 5.74) is 2.26. The second kappa shape index (κ2) is 8.02. The van der Waals surface area contributed by atoms with Gasteiger partial charge < -0.3 is 4.74 Å². The molecule has 1 aromatic rings. The molecule has 1 aliphatic heterocycles. The second-order valence-electron chi connectivity index (χ2n) is 9.70. The van der Waals surface area contributed by atoms with Gasteiger partial charge in [-0.3, -0.25) is 19.9 Å². The molecule has 4 rings (SSSR count). The topological polar surface area (TPSA) is 98.9 Å². The number of ether oxygens (including phenoxy) is 1. The number of hydrogen-bond acceptors (Lipinski definition) is 6. The van der Waals surface area contributed by atoms with E-state index in [1.54, 1.807) is 19.1 Å². The van der Waals surface area contributed by atoms with Gasteiger partial charge in [0, 0.05) is 35.9 Å². The minimum absolute atomic E-state index is 0.0275. The van der Waals surface area contributed by atoms with Gasteiger partial charge in [-0.25, -0.2) is 4.79 Å². The lowest BCUT2D eigenvalue weighted by Crippen LogP contribution is -2.44. The van der Waals surface area contributed by atoms with Gasteiger partial charge >= 0.3 is 5.97 Å². The fourth-order valence-corrected chi connectivity index (χ4v) is 5.24. The average molecular weight is 424 g/mol. The van der Waals surface area contributed by atoms with Crippen LogP contribution in [-0.4, -0.2) is 28.5 Å². The van der Waals surface area contributed by atoms with Crippen molar-refractivity contribution in [3.63, 3.8) is 0 Å². The van der Waals surface area contributed by atoms with E-state index in [9.17, 15) is 19.7 Å². The molecule has 0 saturated heterocycles. The number of non-ortho nitro benzene ring substituents is 1. The standard InChI is InChI=1S/C24H28N2O5/c1-14-20(23(28)31-17-6-4-5-7-17)21(15-8-10-16(11-9-15)26(29)30)22-18(25-14)12-24(2,3)13-19(22)27/h8-11,17,21-22H,4-7,12-13H2,1-3H3/t21-,22-/m0/s1. The lowest BCUT2D eigenvalue weighted by Gasteiger charge is -2.41. The lowest BCUT2D eigenvalue weighted by atomic mass is 9.63. The molecule has 1 heterocycles. The molecule has 7 nitrogen and oxygen atoms in total. The first-order valence-corrected chi connectivity index (χ1v) is 10.9. The van der Waals surface area contributed by atoms with Crippen LogP contribution in [0.5, 0.6) is 0 Å². The zero-order valence-electron chi connectivity index (χ0n) is 18.2. The van der Waals surface area contributed by atoms with E-state index < -0.39 is 22.7 Å². The van der Waals surface area contributed by atoms with Crippen LogP contribution in [0.25, 0.3) is 0 Å². The zero-order chi connectivity index (χ0) is 22.3. The number of rotatable bonds is 4. The summed E-state index contributed by atoms with van der Waals surface area (Å²) < 4.78 is 5.81. The normalized spacial score (nSPS) is 25.8. The number of allylic oxidation sites excluding steroid dienone is 1. The highest BCUT2D eigenvalue weighted by Crippen LogP contribution is 2.47. The molecule has 0 spiro atoms. The number of carbonyl (C=O) groups is 2. The van der Waals surface area contributed by atoms with Crippen molar-refractivity contribution >= 4 is 23.2 Å². The molecule has 0 N–H and O–H groups in total. The number of nitrogens with zero attached hydrogens (tertiary/aromatic N) is 2. The van der Waals surface area contributed by atoms with E-state index >= 15 is 0 Å². The Hall–Kier alpha value is -2.83. The van der Waals surface area contributed by atoms with Crippen LogP contribution in [0.15, 0.2) is 40.5 Å². The molecule has 0 amide bonds. The van der Waals surface area contributed by atoms with Crippen LogP contribution in [0.3, 0.4) is 0 Å². The first-order valence-electron chi connectivity index (χ1n) is 10.9. The maximum absolute atomic E-state index is 13.3. The molecule has 2 atom stereocenters. The van der Waals surface area contributed by atoms with Crippen LogP contribution in [0.1, 0.15) is 70.8 Å². The molecule has 1 aromatic carbocycles. The molecule has 0 aromatic heterocycles. The summed E-state index contributed by atoms with van der Waals surface area (Å²) in [6.07, 6.45) is 4.77. The number of carbonyl (C=O) groups excluding carboxylic acids is 2. The number of Topliss-reactive ketones (excluding diaryl/α,β-unsaturated/α-hetero) is 1. The quantitative estimate of drug-likeness (QED) is 0.389. The predicted molar refractivity (Wildman–Crippen MR) is 116 cm³/mol. The lowest BCUT2D eigenvalue weighted by molar-refractivity contribution is -0.384. The summed E-state index contributed by atoms with van der Waals surface area (Å²) in [5, 5.41) is 11.1. The van der Waals surface area contributed by atoms with Crippen LogP contribution in [0, 0.1) is 21.4 Å². The van der Waals surface area contributed by atoms with Gasteiger partial charge in [0.1, 0.15) is 11.9 Å². The fourth-order valence-electron chi connectivity index (χ4n) is 5.24. The van der Waals surface area contributed by atoms with Gasteiger partial charge in [0.2, 0.25) is 0 Å². The molecule has 31 heavy (non-hydrogen) atoms. The number of fused-ring (bicyclic) bond motifs is 1. The van der Waals surface area contributed by atoms with Crippen molar-refractivity contribution in [3.05, 3.63) is 51.2 Å². The van der Waals surface area contributed by atoms with Crippen LogP contribution in [0.4, 0.5) is 5.69 Å². The maximum atomic E-state index is 13.3. The highest BCUT2D eigenvalue weighted by Gasteiger charge is 2.48. The monoisotopic (exact) mass is 424 g/mol. The number of hydrogen-bond donors (Lipinski definition) is 0. The van der Waals surface area contributed by atoms with Crippen LogP contribution in [-0.2, 0) is 14.3 Å². The van der Waals surface area contributed by atoms with Crippen LogP contribution >= 0.6 is 0 Å². The minimum Gasteiger partial charge on any atom is -0.459 e. The van der Waals surface area contributed by atoms with Gasteiger partial charge in [-0.2, -0.15) is 0 Å². The Kier molecular flexibility index (Phi) is 5.54. The molecule has 2 aliphatic carbocycles. The third-order valence-corrected chi connectivity index (χ3v) is 6.62. The molecule has 3 aliphatic rings. The second-order valence-corrected chi connectivity index (χ2v) is 9.70. The van der Waals surface area contributed by atoms with E-state index in [4.69, 9.17) is 9.73 Å². The Labute approximate surface area is 181 Å². The Bertz CT molecular complexity index is 984. The highest BCUT2D eigenvalue weighted by atomic mass is 16.6. The molecule has 2 fully saturated rings. The number of nitro benzene ring substituents is 1. The zero-order valence-corrected chi connectivity index (χ0v) is 18.2. The van der Waals surface area contributed by atoms with Gasteiger partial charge in [-0.15, -0.1) is 0 Å². The van der Waals surface area contributed by atoms with E-state index in [2.05, 4.69) is 0 Å². The largest absolute Gasteiger partial charge is 0.459 e. The van der Waals surface area contributed by atoms with Crippen molar-refractivity contribution in [3.8, 4) is 0 Å². The Morgan fingerprint density at radius 1 is 1.13 bits per heavy atom. The SMILES string of the molecule is CC1=C(C(=O)OC2CCCC2)[C@H](c2ccc([N+](=O)[O-])cc2)[C@@H]2C(=O)CC(C)(C)CC2=N1. The highest BCUT2D eigenvalue weighted by molar-refractivity contribution is 6.12. The van der Waals surface area contributed by atoms with Crippen molar-refractivity contribution in [2.75, 3.05) is 0 Å². The number of nitro groups is 1. The average Bonchev–Trinajstić information content (AvgIpc) is 3.18. The molecule has 0 bridgehead atoms. The number of aliphatic imine (C=N–C) groups is 1. The molecule has 0 unspecified atom stereocenters. The van der Waals surface area contributed by atoms with E-state index in [0.29, 0.717) is 29.7 Å². The molecule has 7 heteroatoms. The van der Waals surface area contributed by atoms with Gasteiger partial charge in [0.05, 0.1) is 16.4 Å². The van der Waals surface area contributed by atoms with Crippen molar-refractivity contribution in [1.82, 2.24) is 0 Å². The molecular weight excluding hydrogens is 396 g/mol. The van der Waals surface area contributed by atoms with Gasteiger partial charge in [-0.1, -0.05) is 26.0 Å². The van der Waals surface area contributed by atoms with E-state index in [0.717, 1.165) is 31.4 Å². The Balaban J connectivity index is 1.78. The summed E-state index contributed by atoms with van der Waals surface area (Å²) in [6, 6.07) is 6.14. The molecule has 2 saturated carbocycles. The summed E-state index contributed by atoms with van der Waals surface area (Å²) in [6.45, 7) is 5.89. The van der Waals surface area contributed by atoms with Crippen LogP contribution < -0.4 is 0 Å². The molecular formula is C24H28N2O5. The molecule has 164 valence electrons. The maximum Gasteiger partial charge on any atom is 0.336 e. The van der Waals surface area contributed by atoms with E-state index in [1.807, 2.05) is 13.8 Å².